The van der Waals surface area contributed by atoms with E-state index in [9.17, 15) is 0 Å². The smallest absolute Gasteiger partial charge is 0.263 e. The fourth-order valence-electron chi connectivity index (χ4n) is 16.5. The summed E-state index contributed by atoms with van der Waals surface area (Å²) in [7, 11) is -18.4. The molecule has 4 fully saturated rings. The molecule has 0 amide bonds. The van der Waals surface area contributed by atoms with Crippen LogP contribution in [0.2, 0.25) is 0 Å². The van der Waals surface area contributed by atoms with E-state index in [-0.39, 0.29) is 93.3 Å². The fourth-order valence-corrected chi connectivity index (χ4v) is 28.9. The van der Waals surface area contributed by atoms with Gasteiger partial charge in [0.25, 0.3) is 29.5 Å². The summed E-state index contributed by atoms with van der Waals surface area (Å²) < 4.78 is 124. The Morgan fingerprint density at radius 2 is 0.479 bits per heavy atom. The lowest BCUT2D eigenvalue weighted by atomic mass is 9.75. The zero-order valence-electron chi connectivity index (χ0n) is 61.3. The van der Waals surface area contributed by atoms with Gasteiger partial charge >= 0.3 is 0 Å². The summed E-state index contributed by atoms with van der Waals surface area (Å²) in [6, 6.07) is 29.6. The lowest BCUT2D eigenvalue weighted by Crippen LogP contribution is -2.34. The molecule has 16 atom stereocenters. The van der Waals surface area contributed by atoms with Crippen LogP contribution in [0.4, 0.5) is 0 Å². The van der Waals surface area contributed by atoms with Gasteiger partial charge in [-0.3, -0.25) is 18.3 Å². The second-order valence-corrected chi connectivity index (χ2v) is 39.9. The monoisotopic (exact) mass is 1400 g/mol. The van der Waals surface area contributed by atoms with Crippen LogP contribution in [0, 0.1) is 71.0 Å². The Balaban J connectivity index is 1.22. The van der Waals surface area contributed by atoms with Crippen LogP contribution in [-0.2, 0) is 81.7 Å². The molecule has 0 bridgehead atoms. The number of rotatable bonds is 32. The third-order valence-corrected chi connectivity index (χ3v) is 33.4. The maximum absolute atomic E-state index is 17.4. The third-order valence-electron chi connectivity index (χ3n) is 22.1. The molecule has 4 unspecified atom stereocenters. The molecule has 4 saturated carbocycles. The second-order valence-electron chi connectivity index (χ2n) is 30.6. The summed E-state index contributed by atoms with van der Waals surface area (Å²) in [4.78, 5) is 0. The van der Waals surface area contributed by atoms with Gasteiger partial charge in [0.15, 0.2) is 0 Å². The summed E-state index contributed by atoms with van der Waals surface area (Å²) in [6.45, 7) is 35.6. The quantitative estimate of drug-likeness (QED) is 0.0430. The SMILES string of the molecule is CCOP(=O)(C1=C(P(=O)(OCC)c2ccc(CO[C@@H]3C[C@H](C)CC[C@H]3C(C)C)cc2)C(P(=O)(OCC)c2ccc(CO[C@@H]3C[C@H](C)CC[C@H]3C(C)C)cc2)=C1P(=O)(OCC)c1ccc(CO[C@@H]2C[C@H](C)CC[C@H]2C(C)C)cc1)c1ccc(CO[C@@H]2C[C@H](C)CC[C@H]2C(C)C)cc1. The highest BCUT2D eigenvalue weighted by Crippen LogP contribution is 2.85. The van der Waals surface area contributed by atoms with Gasteiger partial charge in [0.1, 0.15) is 0 Å². The molecule has 532 valence electrons. The molecule has 0 N–H and O–H groups in total. The number of benzene rings is 4. The van der Waals surface area contributed by atoms with Crippen LogP contribution in [-0.4, -0.2) is 50.8 Å². The first kappa shape index (κ1) is 77.1. The van der Waals surface area contributed by atoms with Crippen LogP contribution in [0.25, 0.3) is 0 Å². The highest BCUT2D eigenvalue weighted by atomic mass is 31.2. The Labute approximate surface area is 579 Å². The fraction of sp³-hybridized carbons (Fsp3) is 0.650. The van der Waals surface area contributed by atoms with E-state index in [2.05, 4.69) is 83.1 Å². The van der Waals surface area contributed by atoms with Crippen molar-refractivity contribution in [2.24, 2.45) is 71.0 Å². The van der Waals surface area contributed by atoms with E-state index < -0.39 is 29.5 Å². The van der Waals surface area contributed by atoms with Crippen LogP contribution in [0.3, 0.4) is 0 Å². The molecule has 96 heavy (non-hydrogen) atoms. The van der Waals surface area contributed by atoms with Gasteiger partial charge in [-0.1, -0.05) is 157 Å². The molecule has 5 aliphatic rings. The Kier molecular flexibility index (Phi) is 27.5. The first-order chi connectivity index (χ1) is 45.8. The number of hydrogen-bond acceptors (Lipinski definition) is 12. The van der Waals surface area contributed by atoms with Crippen molar-refractivity contribution in [3.8, 4) is 0 Å². The first-order valence-corrected chi connectivity index (χ1v) is 43.7. The van der Waals surface area contributed by atoms with Gasteiger partial charge in [-0.05, 0) is 221 Å². The van der Waals surface area contributed by atoms with Crippen molar-refractivity contribution in [3.63, 3.8) is 0 Å². The van der Waals surface area contributed by atoms with Crippen molar-refractivity contribution in [2.45, 2.75) is 239 Å². The highest BCUT2D eigenvalue weighted by Gasteiger charge is 2.61. The Hall–Kier alpha value is -3.04. The van der Waals surface area contributed by atoms with Gasteiger partial charge in [0.2, 0.25) is 0 Å². The van der Waals surface area contributed by atoms with Gasteiger partial charge in [-0.2, -0.15) is 0 Å². The molecule has 0 saturated heterocycles. The molecule has 0 radical (unpaired) electrons. The molecule has 16 heteroatoms. The Morgan fingerprint density at radius 3 is 0.635 bits per heavy atom. The standard InChI is InChI=1S/C80H120O12P4/c1-17-89-93(81,65-33-25-61(26-34-65)49-85-73-45-57(13)21-41-69(73)53(5)6)77-78(94(82,90-18-2)66-35-27-62(28-36-66)50-86-74-46-58(14)22-42-70(74)54(7)8)80(96(84,92-20-4)68-39-31-64(32-40-68)52-88-76-48-60(16)24-44-72(76)56(11)12)79(77)95(83,91-19-3)67-37-29-63(30-38-67)51-87-75-47-59(15)23-43-71(75)55(9)10/h25-40,53-60,69-76H,17-24,41-52H2,1-16H3/t57-,58-,59-,60-,69+,70+,71+,72+,73-,74-,75-,76-,93?,94?,95?,96?/m1/s1. The summed E-state index contributed by atoms with van der Waals surface area (Å²) >= 11 is 0. The molecule has 9 rings (SSSR count). The molecule has 4 aromatic rings. The van der Waals surface area contributed by atoms with Crippen molar-refractivity contribution in [2.75, 3.05) is 26.4 Å². The van der Waals surface area contributed by atoms with E-state index in [1.807, 2.05) is 48.5 Å². The predicted molar refractivity (Wildman–Crippen MR) is 395 cm³/mol. The minimum Gasteiger partial charge on any atom is -0.373 e. The first-order valence-electron chi connectivity index (χ1n) is 37.2. The lowest BCUT2D eigenvalue weighted by Gasteiger charge is -2.42. The van der Waals surface area contributed by atoms with Gasteiger partial charge in [-0.25, -0.2) is 0 Å². The highest BCUT2D eigenvalue weighted by molar-refractivity contribution is 7.83. The van der Waals surface area contributed by atoms with Crippen LogP contribution in [0.5, 0.6) is 0 Å². The predicted octanol–water partition coefficient (Wildman–Crippen LogP) is 20.9. The maximum atomic E-state index is 17.4. The zero-order valence-corrected chi connectivity index (χ0v) is 64.9. The average Bonchev–Trinajstić information content (AvgIpc) is 0.671. The summed E-state index contributed by atoms with van der Waals surface area (Å²) in [5.74, 6) is 5.92. The molecule has 12 nitrogen and oxygen atoms in total. The maximum Gasteiger partial charge on any atom is 0.263 e. The van der Waals surface area contributed by atoms with Gasteiger partial charge in [0.05, 0.1) is 98.5 Å². The van der Waals surface area contributed by atoms with E-state index in [4.69, 9.17) is 37.0 Å². The van der Waals surface area contributed by atoms with Crippen LogP contribution >= 0.6 is 29.5 Å². The molecule has 0 aromatic heterocycles. The molecular formula is C80H120O12P4. The Morgan fingerprint density at radius 1 is 0.302 bits per heavy atom. The van der Waals surface area contributed by atoms with E-state index in [1.54, 1.807) is 76.2 Å². The number of allylic oxidation sites excluding steroid dienone is 4. The lowest BCUT2D eigenvalue weighted by molar-refractivity contribution is -0.0473. The van der Waals surface area contributed by atoms with E-state index in [0.717, 1.165) is 73.6 Å². The second kappa shape index (κ2) is 34.3. The summed E-state index contributed by atoms with van der Waals surface area (Å²) in [5.41, 5.74) is 3.53. The van der Waals surface area contributed by atoms with E-state index in [0.29, 0.717) is 97.4 Å². The third kappa shape index (κ3) is 17.5. The summed E-state index contributed by atoms with van der Waals surface area (Å²) in [5, 5.41) is 0.674. The Bertz CT molecular complexity index is 2950. The molecule has 0 heterocycles. The van der Waals surface area contributed by atoms with E-state index in [1.165, 1.54) is 25.7 Å². The minimum absolute atomic E-state index is 0.0571. The number of hydrogen-bond donors (Lipinski definition) is 0. The largest absolute Gasteiger partial charge is 0.373 e. The average molecular weight is 1400 g/mol. The van der Waals surface area contributed by atoms with Crippen molar-refractivity contribution in [3.05, 3.63) is 141 Å². The van der Waals surface area contributed by atoms with Gasteiger partial charge in [-0.15, -0.1) is 0 Å². The molecule has 0 spiro atoms. The van der Waals surface area contributed by atoms with Crippen LogP contribution in [0.1, 0.15) is 210 Å². The number of ether oxygens (including phenoxy) is 4. The molecular weight excluding hydrogens is 1280 g/mol. The van der Waals surface area contributed by atoms with Gasteiger partial charge < -0.3 is 37.0 Å². The van der Waals surface area contributed by atoms with Crippen molar-refractivity contribution >= 4 is 50.7 Å². The molecule has 4 aromatic carbocycles. The van der Waals surface area contributed by atoms with Crippen molar-refractivity contribution in [1.82, 2.24) is 0 Å². The van der Waals surface area contributed by atoms with E-state index >= 15 is 18.3 Å². The van der Waals surface area contributed by atoms with Crippen molar-refractivity contribution < 1.29 is 55.3 Å². The van der Waals surface area contributed by atoms with Gasteiger partial charge in [0, 0.05) is 21.2 Å². The zero-order chi connectivity index (χ0) is 69.3. The summed E-state index contributed by atoms with van der Waals surface area (Å²) in [6.07, 6.45) is 13.6. The normalized spacial score (nSPS) is 28.5. The minimum atomic E-state index is -4.60. The topological polar surface area (TPSA) is 142 Å². The van der Waals surface area contributed by atoms with Crippen LogP contribution < -0.4 is 21.2 Å². The molecule has 0 aliphatic heterocycles. The molecule has 5 aliphatic carbocycles. The van der Waals surface area contributed by atoms with Crippen molar-refractivity contribution in [1.29, 1.82) is 0 Å². The van der Waals surface area contributed by atoms with Crippen LogP contribution in [0.15, 0.2) is 118 Å².